The molecule has 0 saturated carbocycles. The summed E-state index contributed by atoms with van der Waals surface area (Å²) in [5, 5.41) is 6.38. The minimum absolute atomic E-state index is 0.120. The summed E-state index contributed by atoms with van der Waals surface area (Å²) in [4.78, 5) is 24.1. The van der Waals surface area contributed by atoms with Crippen LogP contribution in [-0.2, 0) is 0 Å². The number of rotatable bonds is 3. The lowest BCUT2D eigenvalue weighted by Gasteiger charge is -2.01. The summed E-state index contributed by atoms with van der Waals surface area (Å²) in [7, 11) is 0. The van der Waals surface area contributed by atoms with E-state index >= 15 is 0 Å². The molecule has 0 fully saturated rings. The second-order valence-corrected chi connectivity index (χ2v) is 4.28. The number of nitrogens with zero attached hydrogens (tertiary/aromatic N) is 4. The number of anilines is 1. The lowest BCUT2D eigenvalue weighted by atomic mass is 10.2. The van der Waals surface area contributed by atoms with Crippen molar-refractivity contribution in [3.63, 3.8) is 0 Å². The van der Waals surface area contributed by atoms with E-state index in [1.54, 1.807) is 36.7 Å². The van der Waals surface area contributed by atoms with Gasteiger partial charge in [-0.15, -0.1) is 0 Å². The quantitative estimate of drug-likeness (QED) is 0.790. The minimum Gasteiger partial charge on any atom is -0.328 e. The van der Waals surface area contributed by atoms with Crippen molar-refractivity contribution in [1.82, 2.24) is 20.1 Å². The van der Waals surface area contributed by atoms with E-state index in [9.17, 15) is 4.79 Å². The van der Waals surface area contributed by atoms with Gasteiger partial charge in [0.25, 0.3) is 0 Å². The third kappa shape index (κ3) is 2.92. The highest BCUT2D eigenvalue weighted by Gasteiger charge is 2.16. The van der Waals surface area contributed by atoms with Gasteiger partial charge in [-0.05, 0) is 31.2 Å². The monoisotopic (exact) mass is 281 g/mol. The van der Waals surface area contributed by atoms with E-state index in [4.69, 9.17) is 4.52 Å². The van der Waals surface area contributed by atoms with E-state index in [1.165, 1.54) is 0 Å². The van der Waals surface area contributed by atoms with Crippen molar-refractivity contribution in [3.05, 3.63) is 54.3 Å². The van der Waals surface area contributed by atoms with Gasteiger partial charge >= 0.3 is 11.8 Å². The first kappa shape index (κ1) is 12.9. The molecule has 7 heteroatoms. The maximum atomic E-state index is 12.0. The van der Waals surface area contributed by atoms with Gasteiger partial charge in [-0.2, -0.15) is 4.98 Å². The van der Waals surface area contributed by atoms with Crippen molar-refractivity contribution in [2.24, 2.45) is 0 Å². The maximum absolute atomic E-state index is 12.0. The summed E-state index contributed by atoms with van der Waals surface area (Å²) in [6, 6.07) is 8.78. The van der Waals surface area contributed by atoms with Gasteiger partial charge in [-0.25, -0.2) is 4.98 Å². The molecule has 21 heavy (non-hydrogen) atoms. The molecule has 1 amide bonds. The van der Waals surface area contributed by atoms with Crippen LogP contribution in [0.4, 0.5) is 5.82 Å². The molecule has 0 atom stereocenters. The average Bonchev–Trinajstić information content (AvgIpc) is 2.98. The summed E-state index contributed by atoms with van der Waals surface area (Å²) in [6.45, 7) is 1.84. The summed E-state index contributed by atoms with van der Waals surface area (Å²) in [5.41, 5.74) is 1.53. The Bertz CT molecular complexity index is 770. The van der Waals surface area contributed by atoms with E-state index in [0.717, 1.165) is 11.3 Å². The number of aryl methyl sites for hydroxylation is 1. The second-order valence-electron chi connectivity index (χ2n) is 4.28. The molecule has 0 radical (unpaired) electrons. The van der Waals surface area contributed by atoms with Gasteiger partial charge in [-0.1, -0.05) is 11.2 Å². The molecule has 3 aromatic rings. The fourth-order valence-electron chi connectivity index (χ4n) is 1.72. The standard InChI is InChI=1S/C14H11N5O2/c1-9-3-2-4-11(16-9)17-13(20)14-18-12(19-21-14)10-5-7-15-8-6-10/h2-8H,1H3,(H,16,17,20). The predicted molar refractivity (Wildman–Crippen MR) is 74.5 cm³/mol. The molecule has 7 nitrogen and oxygen atoms in total. The smallest absolute Gasteiger partial charge is 0.316 e. The van der Waals surface area contributed by atoms with Crippen LogP contribution in [0.1, 0.15) is 16.4 Å². The first-order valence-corrected chi connectivity index (χ1v) is 6.21. The van der Waals surface area contributed by atoms with Gasteiger partial charge in [-0.3, -0.25) is 9.78 Å². The summed E-state index contributed by atoms with van der Waals surface area (Å²) >= 11 is 0. The normalized spacial score (nSPS) is 10.3. The van der Waals surface area contributed by atoms with Crippen molar-refractivity contribution >= 4 is 11.7 Å². The second kappa shape index (κ2) is 5.49. The van der Waals surface area contributed by atoms with Crippen molar-refractivity contribution in [1.29, 1.82) is 0 Å². The number of carbonyl (C=O) groups is 1. The van der Waals surface area contributed by atoms with Gasteiger partial charge < -0.3 is 9.84 Å². The predicted octanol–water partition coefficient (Wildman–Crippen LogP) is 2.09. The third-order valence-electron chi connectivity index (χ3n) is 2.69. The van der Waals surface area contributed by atoms with E-state index < -0.39 is 5.91 Å². The largest absolute Gasteiger partial charge is 0.328 e. The zero-order valence-electron chi connectivity index (χ0n) is 11.1. The Morgan fingerprint density at radius 1 is 1.14 bits per heavy atom. The number of hydrogen-bond donors (Lipinski definition) is 1. The van der Waals surface area contributed by atoms with Gasteiger partial charge in [0.15, 0.2) is 0 Å². The van der Waals surface area contributed by atoms with Crippen LogP contribution in [-0.4, -0.2) is 26.0 Å². The Labute approximate surface area is 120 Å². The lowest BCUT2D eigenvalue weighted by molar-refractivity contribution is 0.0981. The molecule has 3 aromatic heterocycles. The molecule has 0 saturated heterocycles. The van der Waals surface area contributed by atoms with Gasteiger partial charge in [0.1, 0.15) is 5.82 Å². The first-order chi connectivity index (χ1) is 10.2. The molecule has 0 spiro atoms. The molecule has 0 aromatic carbocycles. The van der Waals surface area contributed by atoms with Crippen molar-refractivity contribution in [3.8, 4) is 11.4 Å². The molecular formula is C14H11N5O2. The molecule has 0 bridgehead atoms. The molecular weight excluding hydrogens is 270 g/mol. The number of amides is 1. The summed E-state index contributed by atoms with van der Waals surface area (Å²) in [5.74, 6) is 0.148. The molecule has 104 valence electrons. The molecule has 0 aliphatic heterocycles. The van der Waals surface area contributed by atoms with Crippen LogP contribution < -0.4 is 5.32 Å². The van der Waals surface area contributed by atoms with Crippen LogP contribution in [0.3, 0.4) is 0 Å². The van der Waals surface area contributed by atoms with E-state index in [-0.39, 0.29) is 5.89 Å². The maximum Gasteiger partial charge on any atom is 0.316 e. The van der Waals surface area contributed by atoms with Gasteiger partial charge in [0, 0.05) is 23.7 Å². The number of carbonyl (C=O) groups excluding carboxylic acids is 1. The van der Waals surface area contributed by atoms with E-state index in [0.29, 0.717) is 11.6 Å². The number of nitrogens with one attached hydrogen (secondary N) is 1. The van der Waals surface area contributed by atoms with Gasteiger partial charge in [0.05, 0.1) is 0 Å². The molecule has 3 rings (SSSR count). The molecule has 3 heterocycles. The SMILES string of the molecule is Cc1cccc(NC(=O)c2nc(-c3ccncc3)no2)n1. The lowest BCUT2D eigenvalue weighted by Crippen LogP contribution is -2.13. The molecule has 0 unspecified atom stereocenters. The van der Waals surface area contributed by atoms with Gasteiger partial charge in [0.2, 0.25) is 5.82 Å². The zero-order chi connectivity index (χ0) is 14.7. The minimum atomic E-state index is -0.499. The van der Waals surface area contributed by atoms with Crippen LogP contribution >= 0.6 is 0 Å². The van der Waals surface area contributed by atoms with E-state index in [1.807, 2.05) is 13.0 Å². The van der Waals surface area contributed by atoms with Crippen LogP contribution in [0.15, 0.2) is 47.2 Å². The Morgan fingerprint density at radius 2 is 1.95 bits per heavy atom. The highest BCUT2D eigenvalue weighted by Crippen LogP contribution is 2.14. The van der Waals surface area contributed by atoms with E-state index in [2.05, 4.69) is 25.4 Å². The molecule has 0 aliphatic carbocycles. The number of hydrogen-bond acceptors (Lipinski definition) is 6. The zero-order valence-corrected chi connectivity index (χ0v) is 11.1. The molecule has 0 aliphatic rings. The average molecular weight is 281 g/mol. The van der Waals surface area contributed by atoms with Crippen molar-refractivity contribution < 1.29 is 9.32 Å². The van der Waals surface area contributed by atoms with Crippen LogP contribution in [0, 0.1) is 6.92 Å². The summed E-state index contributed by atoms with van der Waals surface area (Å²) in [6.07, 6.45) is 3.23. The number of aromatic nitrogens is 4. The Morgan fingerprint density at radius 3 is 2.71 bits per heavy atom. The van der Waals surface area contributed by atoms with Crippen LogP contribution in [0.25, 0.3) is 11.4 Å². The Kier molecular flexibility index (Phi) is 3.38. The topological polar surface area (TPSA) is 93.8 Å². The third-order valence-corrected chi connectivity index (χ3v) is 2.69. The fourth-order valence-corrected chi connectivity index (χ4v) is 1.72. The van der Waals surface area contributed by atoms with Crippen molar-refractivity contribution in [2.45, 2.75) is 6.92 Å². The highest BCUT2D eigenvalue weighted by atomic mass is 16.5. The Balaban J connectivity index is 1.78. The van der Waals surface area contributed by atoms with Crippen LogP contribution in [0.5, 0.6) is 0 Å². The van der Waals surface area contributed by atoms with Crippen molar-refractivity contribution in [2.75, 3.05) is 5.32 Å². The summed E-state index contributed by atoms with van der Waals surface area (Å²) < 4.78 is 4.96. The molecule has 1 N–H and O–H groups in total. The van der Waals surface area contributed by atoms with Crippen LogP contribution in [0.2, 0.25) is 0 Å². The first-order valence-electron chi connectivity index (χ1n) is 6.21. The fraction of sp³-hybridized carbons (Fsp3) is 0.0714. The Hall–Kier alpha value is -3.09. The number of pyridine rings is 2. The highest BCUT2D eigenvalue weighted by molar-refractivity contribution is 6.00.